The molecule has 0 radical (unpaired) electrons. The van der Waals surface area contributed by atoms with Crippen molar-refractivity contribution in [3.8, 4) is 11.1 Å². The van der Waals surface area contributed by atoms with Crippen LogP contribution in [0.3, 0.4) is 0 Å². The molecule has 0 saturated heterocycles. The highest BCUT2D eigenvalue weighted by Crippen LogP contribution is 2.26. The molecule has 154 valence electrons. The predicted octanol–water partition coefficient (Wildman–Crippen LogP) is 6.87. The average Bonchev–Trinajstić information content (AvgIpc) is 2.79. The van der Waals surface area contributed by atoms with E-state index in [0.717, 1.165) is 59.2 Å². The number of nitrogens with zero attached hydrogens (tertiary/aromatic N) is 1. The van der Waals surface area contributed by atoms with Gasteiger partial charge in [0.05, 0.1) is 6.10 Å². The molecule has 0 amide bonds. The zero-order valence-corrected chi connectivity index (χ0v) is 18.3. The van der Waals surface area contributed by atoms with E-state index in [1.165, 1.54) is 11.1 Å². The summed E-state index contributed by atoms with van der Waals surface area (Å²) in [6.45, 7) is 2.81. The maximum absolute atomic E-state index is 10.6. The van der Waals surface area contributed by atoms with Crippen LogP contribution in [0.4, 0.5) is 0 Å². The summed E-state index contributed by atoms with van der Waals surface area (Å²) in [7, 11) is 0. The maximum atomic E-state index is 10.6. The SMILES string of the molecule is OC(CCN1CC=C(c2ccc(Cl)cc2)CC1)c1ccc(-c2ccc(Cl)cc2)cc1. The Balaban J connectivity index is 1.30. The van der Waals surface area contributed by atoms with Crippen LogP contribution < -0.4 is 0 Å². The second-order valence-corrected chi connectivity index (χ2v) is 8.59. The molecule has 0 aliphatic carbocycles. The monoisotopic (exact) mass is 437 g/mol. The molecule has 1 heterocycles. The van der Waals surface area contributed by atoms with Gasteiger partial charge in [-0.1, -0.05) is 77.8 Å². The Morgan fingerprint density at radius 1 is 0.767 bits per heavy atom. The van der Waals surface area contributed by atoms with Crippen LogP contribution in [0.25, 0.3) is 16.7 Å². The van der Waals surface area contributed by atoms with Crippen molar-refractivity contribution >= 4 is 28.8 Å². The minimum atomic E-state index is -0.453. The molecule has 0 saturated carbocycles. The molecular weight excluding hydrogens is 413 g/mol. The summed E-state index contributed by atoms with van der Waals surface area (Å²) >= 11 is 11.9. The normalized spacial score (nSPS) is 15.6. The average molecular weight is 438 g/mol. The lowest BCUT2D eigenvalue weighted by atomic mass is 9.98. The minimum Gasteiger partial charge on any atom is -0.388 e. The van der Waals surface area contributed by atoms with Crippen molar-refractivity contribution in [3.63, 3.8) is 0 Å². The van der Waals surface area contributed by atoms with Gasteiger partial charge in [-0.05, 0) is 64.9 Å². The fraction of sp³-hybridized carbons (Fsp3) is 0.231. The molecule has 30 heavy (non-hydrogen) atoms. The number of benzene rings is 3. The van der Waals surface area contributed by atoms with Gasteiger partial charge in [0.1, 0.15) is 0 Å². The van der Waals surface area contributed by atoms with E-state index in [1.807, 2.05) is 48.5 Å². The van der Waals surface area contributed by atoms with Gasteiger partial charge in [0.15, 0.2) is 0 Å². The molecule has 0 bridgehead atoms. The van der Waals surface area contributed by atoms with Gasteiger partial charge >= 0.3 is 0 Å². The summed E-state index contributed by atoms with van der Waals surface area (Å²) in [5, 5.41) is 12.1. The van der Waals surface area contributed by atoms with Gasteiger partial charge in [0.2, 0.25) is 0 Å². The second kappa shape index (κ2) is 9.80. The smallest absolute Gasteiger partial charge is 0.0802 e. The van der Waals surface area contributed by atoms with Gasteiger partial charge in [-0.15, -0.1) is 0 Å². The Labute approximate surface area is 188 Å². The van der Waals surface area contributed by atoms with Gasteiger partial charge in [0.25, 0.3) is 0 Å². The molecule has 0 aromatic heterocycles. The molecule has 1 atom stereocenters. The third-order valence-electron chi connectivity index (χ3n) is 5.70. The first kappa shape index (κ1) is 21.1. The molecule has 1 aliphatic rings. The fourth-order valence-corrected chi connectivity index (χ4v) is 4.10. The molecule has 0 spiro atoms. The summed E-state index contributed by atoms with van der Waals surface area (Å²) in [4.78, 5) is 2.39. The number of hydrogen-bond donors (Lipinski definition) is 1. The van der Waals surface area contributed by atoms with Crippen LogP contribution >= 0.6 is 23.2 Å². The Morgan fingerprint density at radius 3 is 1.83 bits per heavy atom. The lowest BCUT2D eigenvalue weighted by Gasteiger charge is -2.27. The standard InChI is InChI=1S/C26H25Cl2NO/c27-24-9-5-20(6-10-24)19-1-3-23(4-2-19)26(30)15-18-29-16-13-22(14-17-29)21-7-11-25(28)12-8-21/h1-13,26,30H,14-18H2. The number of rotatable bonds is 6. The van der Waals surface area contributed by atoms with E-state index in [2.05, 4.69) is 35.2 Å². The van der Waals surface area contributed by atoms with Crippen molar-refractivity contribution in [3.05, 3.63) is 100 Å². The van der Waals surface area contributed by atoms with Gasteiger partial charge in [-0.3, -0.25) is 4.90 Å². The van der Waals surface area contributed by atoms with Crippen LogP contribution in [0.5, 0.6) is 0 Å². The topological polar surface area (TPSA) is 23.5 Å². The third-order valence-corrected chi connectivity index (χ3v) is 6.20. The van der Waals surface area contributed by atoms with E-state index in [9.17, 15) is 5.11 Å². The maximum Gasteiger partial charge on any atom is 0.0802 e. The molecule has 1 aliphatic heterocycles. The Kier molecular flexibility index (Phi) is 6.91. The third kappa shape index (κ3) is 5.33. The largest absolute Gasteiger partial charge is 0.388 e. The molecular formula is C26H25Cl2NO. The first-order valence-corrected chi connectivity index (χ1v) is 11.1. The van der Waals surface area contributed by atoms with Gasteiger partial charge < -0.3 is 5.11 Å². The summed E-state index contributed by atoms with van der Waals surface area (Å²) in [6.07, 6.45) is 3.59. The molecule has 3 aromatic rings. The molecule has 4 rings (SSSR count). The van der Waals surface area contributed by atoms with Crippen LogP contribution in [-0.4, -0.2) is 29.6 Å². The molecule has 0 fully saturated rings. The zero-order valence-electron chi connectivity index (χ0n) is 16.8. The quantitative estimate of drug-likeness (QED) is 0.454. The Bertz CT molecular complexity index is 995. The lowest BCUT2D eigenvalue weighted by Crippen LogP contribution is -2.30. The van der Waals surface area contributed by atoms with E-state index in [-0.39, 0.29) is 0 Å². The van der Waals surface area contributed by atoms with Crippen LogP contribution in [-0.2, 0) is 0 Å². The summed E-state index contributed by atoms with van der Waals surface area (Å²) in [6, 6.07) is 24.0. The highest BCUT2D eigenvalue weighted by molar-refractivity contribution is 6.30. The van der Waals surface area contributed by atoms with Crippen molar-refractivity contribution in [1.29, 1.82) is 0 Å². The number of aliphatic hydroxyl groups is 1. The van der Waals surface area contributed by atoms with Crippen molar-refractivity contribution in [2.75, 3.05) is 19.6 Å². The van der Waals surface area contributed by atoms with E-state index in [4.69, 9.17) is 23.2 Å². The number of hydrogen-bond acceptors (Lipinski definition) is 2. The molecule has 2 nitrogen and oxygen atoms in total. The molecule has 4 heteroatoms. The fourth-order valence-electron chi connectivity index (χ4n) is 3.85. The van der Waals surface area contributed by atoms with E-state index in [1.54, 1.807) is 0 Å². The summed E-state index contributed by atoms with van der Waals surface area (Å²) in [5.41, 5.74) is 5.83. The number of aliphatic hydroxyl groups excluding tert-OH is 1. The van der Waals surface area contributed by atoms with Crippen molar-refractivity contribution in [2.45, 2.75) is 18.9 Å². The van der Waals surface area contributed by atoms with E-state index in [0.29, 0.717) is 0 Å². The highest BCUT2D eigenvalue weighted by Gasteiger charge is 2.15. The van der Waals surface area contributed by atoms with Crippen LogP contribution in [0.15, 0.2) is 78.9 Å². The van der Waals surface area contributed by atoms with Gasteiger partial charge in [0, 0.05) is 29.7 Å². The van der Waals surface area contributed by atoms with E-state index >= 15 is 0 Å². The first-order valence-electron chi connectivity index (χ1n) is 10.3. The van der Waals surface area contributed by atoms with E-state index < -0.39 is 6.10 Å². The second-order valence-electron chi connectivity index (χ2n) is 7.72. The van der Waals surface area contributed by atoms with Crippen molar-refractivity contribution < 1.29 is 5.11 Å². The molecule has 1 N–H and O–H groups in total. The van der Waals surface area contributed by atoms with Crippen LogP contribution in [0, 0.1) is 0 Å². The summed E-state index contributed by atoms with van der Waals surface area (Å²) in [5.74, 6) is 0. The van der Waals surface area contributed by atoms with Crippen LogP contribution in [0.2, 0.25) is 10.0 Å². The Morgan fingerprint density at radius 2 is 1.30 bits per heavy atom. The first-order chi connectivity index (χ1) is 14.6. The molecule has 3 aromatic carbocycles. The van der Waals surface area contributed by atoms with Gasteiger partial charge in [-0.2, -0.15) is 0 Å². The van der Waals surface area contributed by atoms with Crippen molar-refractivity contribution in [2.24, 2.45) is 0 Å². The van der Waals surface area contributed by atoms with Gasteiger partial charge in [-0.25, -0.2) is 0 Å². The minimum absolute atomic E-state index is 0.453. The predicted molar refractivity (Wildman–Crippen MR) is 127 cm³/mol. The van der Waals surface area contributed by atoms with Crippen LogP contribution in [0.1, 0.15) is 30.1 Å². The van der Waals surface area contributed by atoms with Crippen molar-refractivity contribution in [1.82, 2.24) is 4.90 Å². The number of halogens is 2. The Hall–Kier alpha value is -2.10. The highest BCUT2D eigenvalue weighted by atomic mass is 35.5. The summed E-state index contributed by atoms with van der Waals surface area (Å²) < 4.78 is 0. The molecule has 1 unspecified atom stereocenters. The zero-order chi connectivity index (χ0) is 20.9. The lowest BCUT2D eigenvalue weighted by molar-refractivity contribution is 0.145.